The SMILES string of the molecule is C=CN(C=C=CC)CCCNc1c(F)cc2c(=O)c(C(=O)NC(CCC)CCC)cn3c2c1Oc1cc(OC)ccc1-3. The van der Waals surface area contributed by atoms with Crippen molar-refractivity contribution in [2.75, 3.05) is 25.5 Å². The molecule has 0 bridgehead atoms. The fourth-order valence-electron chi connectivity index (χ4n) is 5.16. The van der Waals surface area contributed by atoms with Gasteiger partial charge in [-0.15, -0.1) is 5.73 Å². The molecule has 2 N–H and O–H groups in total. The Kier molecular flexibility index (Phi) is 10.1. The number of methoxy groups -OCH3 is 1. The molecule has 1 amide bonds. The maximum absolute atomic E-state index is 15.7. The summed E-state index contributed by atoms with van der Waals surface area (Å²) in [6, 6.07) is 6.40. The first-order valence-electron chi connectivity index (χ1n) is 14.4. The molecule has 0 saturated carbocycles. The number of benzene rings is 2. The lowest BCUT2D eigenvalue weighted by atomic mass is 10.0. The number of rotatable bonds is 14. The highest BCUT2D eigenvalue weighted by molar-refractivity contribution is 6.01. The molecular weight excluding hydrogens is 535 g/mol. The average molecular weight is 575 g/mol. The standard InChI is InChI=1S/C33H39FN4O4/c1-6-10-17-37(9-4)18-11-16-35-29-26(34)20-24-30-32(29)42-28-19-23(41-5)14-15-27(28)38(30)21-25(31(24)39)33(40)36-22(12-7-2)13-8-3/h6,9,14-15,17,19-22,35H,4,7-8,11-13,16,18H2,1-3,5H3,(H,36,40). The van der Waals surface area contributed by atoms with Crippen LogP contribution in [0.5, 0.6) is 17.2 Å². The molecule has 2 heterocycles. The van der Waals surface area contributed by atoms with Gasteiger partial charge in [0.2, 0.25) is 5.43 Å². The van der Waals surface area contributed by atoms with E-state index < -0.39 is 17.2 Å². The minimum absolute atomic E-state index is 0.0480. The highest BCUT2D eigenvalue weighted by Crippen LogP contribution is 2.46. The number of carbonyl (C=O) groups is 1. The minimum Gasteiger partial charge on any atom is -0.497 e. The summed E-state index contributed by atoms with van der Waals surface area (Å²) in [6.45, 7) is 10.9. The molecule has 0 spiro atoms. The fraction of sp³-hybridized carbons (Fsp3) is 0.364. The van der Waals surface area contributed by atoms with E-state index in [-0.39, 0.29) is 28.4 Å². The normalized spacial score (nSPS) is 11.3. The van der Waals surface area contributed by atoms with E-state index in [9.17, 15) is 9.59 Å². The number of fused-ring (bicyclic) bond motifs is 2. The first kappa shape index (κ1) is 30.5. The summed E-state index contributed by atoms with van der Waals surface area (Å²) in [4.78, 5) is 29.0. The Morgan fingerprint density at radius 3 is 2.69 bits per heavy atom. The lowest BCUT2D eigenvalue weighted by Crippen LogP contribution is -2.37. The average Bonchev–Trinajstić information content (AvgIpc) is 2.98. The Balaban J connectivity index is 1.78. The smallest absolute Gasteiger partial charge is 0.257 e. The molecule has 2 aromatic carbocycles. The molecule has 42 heavy (non-hydrogen) atoms. The molecule has 1 aromatic heterocycles. The van der Waals surface area contributed by atoms with Gasteiger partial charge in [-0.1, -0.05) is 33.3 Å². The van der Waals surface area contributed by atoms with Crippen LogP contribution in [0.3, 0.4) is 0 Å². The van der Waals surface area contributed by atoms with Crippen LogP contribution in [-0.4, -0.2) is 41.6 Å². The Bertz CT molecular complexity index is 1580. The van der Waals surface area contributed by atoms with Crippen molar-refractivity contribution in [1.29, 1.82) is 0 Å². The molecule has 222 valence electrons. The Hall–Kier alpha value is -4.49. The molecule has 0 unspecified atom stereocenters. The van der Waals surface area contributed by atoms with E-state index >= 15 is 4.39 Å². The molecule has 0 aliphatic carbocycles. The lowest BCUT2D eigenvalue weighted by molar-refractivity contribution is 0.0931. The summed E-state index contributed by atoms with van der Waals surface area (Å²) >= 11 is 0. The highest BCUT2D eigenvalue weighted by atomic mass is 19.1. The van der Waals surface area contributed by atoms with Crippen LogP contribution in [0, 0.1) is 5.82 Å². The van der Waals surface area contributed by atoms with Crippen LogP contribution in [0.25, 0.3) is 16.6 Å². The molecule has 9 heteroatoms. The van der Waals surface area contributed by atoms with Crippen LogP contribution >= 0.6 is 0 Å². The van der Waals surface area contributed by atoms with E-state index in [1.54, 1.807) is 48.4 Å². The summed E-state index contributed by atoms with van der Waals surface area (Å²) in [5.41, 5.74) is 3.55. The molecule has 4 rings (SSSR count). The van der Waals surface area contributed by atoms with Crippen molar-refractivity contribution in [2.24, 2.45) is 0 Å². The highest BCUT2D eigenvalue weighted by Gasteiger charge is 2.29. The van der Waals surface area contributed by atoms with Crippen LogP contribution in [-0.2, 0) is 0 Å². The van der Waals surface area contributed by atoms with Gasteiger partial charge in [-0.3, -0.25) is 9.59 Å². The lowest BCUT2D eigenvalue weighted by Gasteiger charge is -2.27. The van der Waals surface area contributed by atoms with Gasteiger partial charge in [0.05, 0.1) is 18.2 Å². The molecule has 0 saturated heterocycles. The van der Waals surface area contributed by atoms with Crippen LogP contribution in [0.15, 0.2) is 66.0 Å². The molecule has 8 nitrogen and oxygen atoms in total. The molecule has 1 aliphatic rings. The Labute approximate surface area is 246 Å². The van der Waals surface area contributed by atoms with Gasteiger partial charge in [0.25, 0.3) is 5.91 Å². The van der Waals surface area contributed by atoms with Gasteiger partial charge in [0, 0.05) is 37.6 Å². The second kappa shape index (κ2) is 13.9. The quantitative estimate of drug-likeness (QED) is 0.126. The van der Waals surface area contributed by atoms with Gasteiger partial charge in [-0.05, 0) is 56.7 Å². The molecule has 0 radical (unpaired) electrons. The second-order valence-corrected chi connectivity index (χ2v) is 10.2. The number of anilines is 1. The fourth-order valence-corrected chi connectivity index (χ4v) is 5.16. The van der Waals surface area contributed by atoms with E-state index in [1.807, 2.05) is 11.8 Å². The third-order valence-electron chi connectivity index (χ3n) is 7.22. The van der Waals surface area contributed by atoms with Crippen molar-refractivity contribution in [3.05, 3.63) is 82.9 Å². The predicted octanol–water partition coefficient (Wildman–Crippen LogP) is 6.88. The number of aromatic nitrogens is 1. The number of hydrogen-bond donors (Lipinski definition) is 2. The number of nitrogens with one attached hydrogen (secondary N) is 2. The van der Waals surface area contributed by atoms with Gasteiger partial charge in [-0.2, -0.15) is 0 Å². The third-order valence-corrected chi connectivity index (χ3v) is 7.22. The zero-order valence-corrected chi connectivity index (χ0v) is 24.8. The van der Waals surface area contributed by atoms with Crippen molar-refractivity contribution in [3.63, 3.8) is 0 Å². The van der Waals surface area contributed by atoms with Crippen LogP contribution in [0.1, 0.15) is 63.2 Å². The van der Waals surface area contributed by atoms with E-state index in [0.717, 1.165) is 25.7 Å². The number of nitrogens with zero attached hydrogens (tertiary/aromatic N) is 2. The minimum atomic E-state index is -0.644. The van der Waals surface area contributed by atoms with Gasteiger partial charge in [0.15, 0.2) is 17.3 Å². The van der Waals surface area contributed by atoms with Gasteiger partial charge in [0.1, 0.15) is 22.5 Å². The molecule has 0 fully saturated rings. The van der Waals surface area contributed by atoms with Crippen molar-refractivity contribution in [3.8, 4) is 22.9 Å². The predicted molar refractivity (Wildman–Crippen MR) is 166 cm³/mol. The number of ether oxygens (including phenoxy) is 2. The maximum Gasteiger partial charge on any atom is 0.257 e. The second-order valence-electron chi connectivity index (χ2n) is 10.2. The molecular formula is C33H39FN4O4. The summed E-state index contributed by atoms with van der Waals surface area (Å²) in [7, 11) is 1.55. The number of halogens is 1. The number of allylic oxidation sites excluding steroid dienone is 1. The van der Waals surface area contributed by atoms with E-state index in [2.05, 4.69) is 36.8 Å². The van der Waals surface area contributed by atoms with Crippen molar-refractivity contribution < 1.29 is 18.7 Å². The largest absolute Gasteiger partial charge is 0.497 e. The van der Waals surface area contributed by atoms with Crippen molar-refractivity contribution in [2.45, 2.75) is 58.9 Å². The van der Waals surface area contributed by atoms with Gasteiger partial charge in [-0.25, -0.2) is 4.39 Å². The number of carbonyl (C=O) groups excluding carboxylic acids is 1. The maximum atomic E-state index is 15.7. The topological polar surface area (TPSA) is 84.8 Å². The first-order chi connectivity index (χ1) is 20.4. The summed E-state index contributed by atoms with van der Waals surface area (Å²) in [5, 5.41) is 6.26. The number of amides is 1. The first-order valence-corrected chi connectivity index (χ1v) is 14.4. The van der Waals surface area contributed by atoms with Gasteiger partial charge < -0.3 is 29.6 Å². The summed E-state index contributed by atoms with van der Waals surface area (Å²) in [5.74, 6) is 0.0327. The third kappa shape index (κ3) is 6.37. The monoisotopic (exact) mass is 574 g/mol. The van der Waals surface area contributed by atoms with Crippen LogP contribution in [0.4, 0.5) is 10.1 Å². The van der Waals surface area contributed by atoms with E-state index in [4.69, 9.17) is 9.47 Å². The Morgan fingerprint density at radius 2 is 2.02 bits per heavy atom. The molecule has 0 atom stereocenters. The van der Waals surface area contributed by atoms with E-state index in [0.29, 0.717) is 42.2 Å². The zero-order valence-electron chi connectivity index (χ0n) is 24.8. The zero-order chi connectivity index (χ0) is 30.2. The van der Waals surface area contributed by atoms with Gasteiger partial charge >= 0.3 is 0 Å². The van der Waals surface area contributed by atoms with Crippen LogP contribution < -0.4 is 25.5 Å². The molecule has 3 aromatic rings. The Morgan fingerprint density at radius 1 is 1.26 bits per heavy atom. The summed E-state index contributed by atoms with van der Waals surface area (Å²) < 4.78 is 29.1. The number of pyridine rings is 1. The summed E-state index contributed by atoms with van der Waals surface area (Å²) in [6.07, 6.45) is 10.9. The van der Waals surface area contributed by atoms with E-state index in [1.165, 1.54) is 12.3 Å². The van der Waals surface area contributed by atoms with Crippen LogP contribution in [0.2, 0.25) is 0 Å². The number of hydrogen-bond acceptors (Lipinski definition) is 6. The van der Waals surface area contributed by atoms with Crippen molar-refractivity contribution >= 4 is 22.5 Å². The van der Waals surface area contributed by atoms with Crippen molar-refractivity contribution in [1.82, 2.24) is 14.8 Å². The molecule has 1 aliphatic heterocycles.